The van der Waals surface area contributed by atoms with Gasteiger partial charge in [-0.15, -0.1) is 4.73 Å². The van der Waals surface area contributed by atoms with Crippen LogP contribution in [0.1, 0.15) is 12.8 Å². The molecule has 5 nitrogen and oxygen atoms in total. The second kappa shape index (κ2) is 3.62. The van der Waals surface area contributed by atoms with Crippen molar-refractivity contribution in [3.63, 3.8) is 0 Å². The van der Waals surface area contributed by atoms with Crippen molar-refractivity contribution < 1.29 is 19.2 Å². The largest absolute Gasteiger partial charge is 0.406 e. The van der Waals surface area contributed by atoms with Gasteiger partial charge in [-0.2, -0.15) is 0 Å². The van der Waals surface area contributed by atoms with Crippen molar-refractivity contribution in [1.82, 2.24) is 4.73 Å². The van der Waals surface area contributed by atoms with Gasteiger partial charge < -0.3 is 9.57 Å². The Hall–Kier alpha value is -2.30. The van der Waals surface area contributed by atoms with Crippen LogP contribution in [0.5, 0.6) is 5.88 Å². The van der Waals surface area contributed by atoms with E-state index in [1.807, 2.05) is 18.2 Å². The van der Waals surface area contributed by atoms with Crippen LogP contribution in [0.25, 0.3) is 10.9 Å². The molecule has 0 fully saturated rings. The summed E-state index contributed by atoms with van der Waals surface area (Å²) in [6.45, 7) is 0. The molecule has 1 aromatic carbocycles. The fraction of sp³-hybridized carbons (Fsp3) is 0.167. The molecule has 0 aliphatic carbocycles. The highest BCUT2D eigenvalue weighted by atomic mass is 16.7. The van der Waals surface area contributed by atoms with Gasteiger partial charge in [0, 0.05) is 11.5 Å². The third-order valence-corrected chi connectivity index (χ3v) is 2.58. The maximum Gasteiger partial charge on any atom is 0.333 e. The Morgan fingerprint density at radius 1 is 1.06 bits per heavy atom. The molecular formula is C12H9NO4. The normalized spacial score (nSPS) is 15.8. The average Bonchev–Trinajstić information content (AvgIpc) is 2.63. The third kappa shape index (κ3) is 1.65. The summed E-state index contributed by atoms with van der Waals surface area (Å²) in [6.07, 6.45) is 0.0745. The molecule has 1 aliphatic heterocycles. The van der Waals surface area contributed by atoms with E-state index in [0.29, 0.717) is 5.52 Å². The second-order valence-corrected chi connectivity index (χ2v) is 3.77. The highest BCUT2D eigenvalue weighted by Crippen LogP contribution is 2.25. The van der Waals surface area contributed by atoms with Crippen molar-refractivity contribution in [1.29, 1.82) is 0 Å². The summed E-state index contributed by atoms with van der Waals surface area (Å²) in [5.41, 5.74) is 0.700. The number of hydrogen-bond acceptors (Lipinski definition) is 4. The van der Waals surface area contributed by atoms with Crippen LogP contribution in [-0.2, 0) is 9.59 Å². The van der Waals surface area contributed by atoms with Crippen LogP contribution in [0.15, 0.2) is 30.3 Å². The summed E-state index contributed by atoms with van der Waals surface area (Å²) in [7, 11) is 0. The summed E-state index contributed by atoms with van der Waals surface area (Å²) in [5, 5.41) is 0.852. The van der Waals surface area contributed by atoms with Gasteiger partial charge in [0.25, 0.3) is 0 Å². The first kappa shape index (κ1) is 9.89. The molecule has 0 bridgehead atoms. The second-order valence-electron chi connectivity index (χ2n) is 3.77. The zero-order valence-electron chi connectivity index (χ0n) is 8.88. The Kier molecular flexibility index (Phi) is 2.11. The average molecular weight is 231 g/mol. The maximum absolute atomic E-state index is 11.4. The Bertz CT molecular complexity index is 614. The van der Waals surface area contributed by atoms with Crippen molar-refractivity contribution in [2.24, 2.45) is 0 Å². The van der Waals surface area contributed by atoms with Crippen molar-refractivity contribution in [3.05, 3.63) is 30.3 Å². The lowest BCUT2D eigenvalue weighted by atomic mass is 10.3. The fourth-order valence-corrected chi connectivity index (χ4v) is 1.79. The summed E-state index contributed by atoms with van der Waals surface area (Å²) < 4.78 is 6.38. The molecule has 86 valence electrons. The summed E-state index contributed by atoms with van der Waals surface area (Å²) in [4.78, 5) is 28.0. The van der Waals surface area contributed by atoms with E-state index in [0.717, 1.165) is 5.39 Å². The van der Waals surface area contributed by atoms with E-state index >= 15 is 0 Å². The summed E-state index contributed by atoms with van der Waals surface area (Å²) in [6, 6.07) is 9.01. The van der Waals surface area contributed by atoms with Crippen LogP contribution in [0, 0.1) is 0 Å². The minimum atomic E-state index is -0.441. The number of fused-ring (bicyclic) bond motifs is 3. The van der Waals surface area contributed by atoms with E-state index in [1.165, 1.54) is 4.73 Å². The monoisotopic (exact) mass is 231 g/mol. The highest BCUT2D eigenvalue weighted by molar-refractivity contribution is 5.86. The van der Waals surface area contributed by atoms with Gasteiger partial charge in [-0.25, -0.2) is 4.79 Å². The number of rotatable bonds is 0. The van der Waals surface area contributed by atoms with Gasteiger partial charge in [0.1, 0.15) is 0 Å². The lowest BCUT2D eigenvalue weighted by Crippen LogP contribution is -2.26. The topological polar surface area (TPSA) is 57.5 Å². The molecule has 0 radical (unpaired) electrons. The molecule has 0 saturated heterocycles. The number of aromatic nitrogens is 1. The van der Waals surface area contributed by atoms with E-state index < -0.39 is 11.9 Å². The molecule has 1 aliphatic rings. The van der Waals surface area contributed by atoms with E-state index in [4.69, 9.17) is 9.57 Å². The van der Waals surface area contributed by atoms with Crippen LogP contribution in [0.2, 0.25) is 0 Å². The third-order valence-electron chi connectivity index (χ3n) is 2.58. The predicted octanol–water partition coefficient (Wildman–Crippen LogP) is 1.30. The van der Waals surface area contributed by atoms with Crippen molar-refractivity contribution in [3.8, 4) is 5.88 Å². The summed E-state index contributed by atoms with van der Waals surface area (Å²) >= 11 is 0. The number of ether oxygens (including phenoxy) is 1. The molecule has 0 N–H and O–H groups in total. The molecule has 3 rings (SSSR count). The van der Waals surface area contributed by atoms with E-state index in [-0.39, 0.29) is 18.7 Å². The van der Waals surface area contributed by atoms with Gasteiger partial charge in [0.05, 0.1) is 18.4 Å². The lowest BCUT2D eigenvalue weighted by molar-refractivity contribution is -0.151. The minimum Gasteiger partial charge on any atom is -0.406 e. The van der Waals surface area contributed by atoms with E-state index in [2.05, 4.69) is 0 Å². The molecule has 5 heteroatoms. The SMILES string of the molecule is O=C1CCC(=O)On2c(cc3ccccc32)O1. The Morgan fingerprint density at radius 2 is 1.82 bits per heavy atom. The van der Waals surface area contributed by atoms with Gasteiger partial charge in [0.15, 0.2) is 0 Å². The standard InChI is InChI=1S/C12H9NO4/c14-11-5-6-12(15)17-13-9-4-2-1-3-8(9)7-10(13)16-11/h1-4,7H,5-6H2. The fourth-order valence-electron chi connectivity index (χ4n) is 1.79. The molecule has 0 spiro atoms. The molecule has 2 heterocycles. The van der Waals surface area contributed by atoms with E-state index in [1.54, 1.807) is 12.1 Å². The Morgan fingerprint density at radius 3 is 2.71 bits per heavy atom. The zero-order chi connectivity index (χ0) is 11.8. The van der Waals surface area contributed by atoms with E-state index in [9.17, 15) is 9.59 Å². The minimum absolute atomic E-state index is 0.0325. The van der Waals surface area contributed by atoms with Crippen molar-refractivity contribution in [2.75, 3.05) is 0 Å². The first-order valence-electron chi connectivity index (χ1n) is 5.26. The molecule has 0 amide bonds. The van der Waals surface area contributed by atoms with Crippen LogP contribution >= 0.6 is 0 Å². The van der Waals surface area contributed by atoms with Crippen LogP contribution in [0.4, 0.5) is 0 Å². The van der Waals surface area contributed by atoms with Crippen LogP contribution in [-0.4, -0.2) is 16.7 Å². The van der Waals surface area contributed by atoms with Crippen LogP contribution < -0.4 is 9.57 Å². The first-order valence-corrected chi connectivity index (χ1v) is 5.26. The van der Waals surface area contributed by atoms with Crippen molar-refractivity contribution in [2.45, 2.75) is 12.8 Å². The van der Waals surface area contributed by atoms with Gasteiger partial charge in [0.2, 0.25) is 5.88 Å². The quantitative estimate of drug-likeness (QED) is 0.641. The highest BCUT2D eigenvalue weighted by Gasteiger charge is 2.21. The number of hydrogen-bond donors (Lipinski definition) is 0. The number of carbonyl (C=O) groups is 2. The molecule has 0 unspecified atom stereocenters. The maximum atomic E-state index is 11.4. The lowest BCUT2D eigenvalue weighted by Gasteiger charge is -2.12. The van der Waals surface area contributed by atoms with Gasteiger partial charge in [-0.3, -0.25) is 4.79 Å². The first-order chi connectivity index (χ1) is 8.24. The number of carbonyl (C=O) groups excluding carboxylic acids is 2. The molecule has 1 aromatic heterocycles. The number of nitrogens with zero attached hydrogens (tertiary/aromatic N) is 1. The number of esters is 1. The molecular weight excluding hydrogens is 222 g/mol. The predicted molar refractivity (Wildman–Crippen MR) is 58.4 cm³/mol. The smallest absolute Gasteiger partial charge is 0.333 e. The molecule has 17 heavy (non-hydrogen) atoms. The number of para-hydroxylation sites is 1. The molecule has 0 saturated carbocycles. The zero-order valence-corrected chi connectivity index (χ0v) is 8.88. The molecule has 0 atom stereocenters. The van der Waals surface area contributed by atoms with Gasteiger partial charge in [-0.1, -0.05) is 18.2 Å². The van der Waals surface area contributed by atoms with Crippen LogP contribution in [0.3, 0.4) is 0 Å². The van der Waals surface area contributed by atoms with Crippen molar-refractivity contribution >= 4 is 22.8 Å². The number of benzene rings is 1. The summed E-state index contributed by atoms with van der Waals surface area (Å²) in [5.74, 6) is -0.626. The van der Waals surface area contributed by atoms with Gasteiger partial charge >= 0.3 is 11.9 Å². The molecule has 2 aromatic rings. The Labute approximate surface area is 96.5 Å². The van der Waals surface area contributed by atoms with Gasteiger partial charge in [-0.05, 0) is 6.07 Å². The Balaban J connectivity index is 2.20.